The Morgan fingerprint density at radius 2 is 1.93 bits per heavy atom. The molecule has 72 valence electrons. The Kier molecular flexibility index (Phi) is 2.17. The van der Waals surface area contributed by atoms with E-state index in [0.29, 0.717) is 5.82 Å². The molecule has 0 fully saturated rings. The van der Waals surface area contributed by atoms with Crippen LogP contribution >= 0.6 is 15.9 Å². The van der Waals surface area contributed by atoms with Gasteiger partial charge in [-0.1, -0.05) is 0 Å². The summed E-state index contributed by atoms with van der Waals surface area (Å²) in [6.07, 6.45) is 1.63. The van der Waals surface area contributed by atoms with Crippen LogP contribution in [0.5, 0.6) is 5.75 Å². The molecule has 4 nitrogen and oxygen atoms in total. The predicted molar refractivity (Wildman–Crippen MR) is 57.3 cm³/mol. The predicted octanol–water partition coefficient (Wildman–Crippen LogP) is 1.92. The SMILES string of the molecule is Nc1c(Br)cnn1-c1ccc(O)cc1. The summed E-state index contributed by atoms with van der Waals surface area (Å²) >= 11 is 3.27. The van der Waals surface area contributed by atoms with Crippen LogP contribution in [0.15, 0.2) is 34.9 Å². The van der Waals surface area contributed by atoms with E-state index in [2.05, 4.69) is 21.0 Å². The molecule has 0 bridgehead atoms. The number of nitrogen functional groups attached to an aromatic ring is 1. The summed E-state index contributed by atoms with van der Waals surface area (Å²) in [5, 5.41) is 13.2. The van der Waals surface area contributed by atoms with Crippen molar-refractivity contribution in [2.24, 2.45) is 0 Å². The zero-order valence-electron chi connectivity index (χ0n) is 7.18. The summed E-state index contributed by atoms with van der Waals surface area (Å²) in [5.74, 6) is 0.759. The number of nitrogens with two attached hydrogens (primary N) is 1. The maximum atomic E-state index is 9.11. The average Bonchev–Trinajstić information content (AvgIpc) is 2.50. The normalized spacial score (nSPS) is 10.4. The number of benzene rings is 1. The van der Waals surface area contributed by atoms with Crippen LogP contribution in [0.25, 0.3) is 5.69 Å². The molecule has 0 spiro atoms. The maximum Gasteiger partial charge on any atom is 0.141 e. The second kappa shape index (κ2) is 3.34. The third kappa shape index (κ3) is 1.46. The molecule has 14 heavy (non-hydrogen) atoms. The first kappa shape index (κ1) is 9.08. The smallest absolute Gasteiger partial charge is 0.141 e. The number of anilines is 1. The molecular formula is C9H8BrN3O. The van der Waals surface area contributed by atoms with E-state index in [1.54, 1.807) is 35.1 Å². The highest BCUT2D eigenvalue weighted by molar-refractivity contribution is 9.10. The third-order valence-corrected chi connectivity index (χ3v) is 2.46. The van der Waals surface area contributed by atoms with Crippen molar-refractivity contribution in [3.63, 3.8) is 0 Å². The Morgan fingerprint density at radius 3 is 2.43 bits per heavy atom. The van der Waals surface area contributed by atoms with Gasteiger partial charge in [0.1, 0.15) is 11.6 Å². The number of phenols is 1. The van der Waals surface area contributed by atoms with Gasteiger partial charge < -0.3 is 10.8 Å². The molecule has 0 radical (unpaired) electrons. The van der Waals surface area contributed by atoms with Gasteiger partial charge in [-0.25, -0.2) is 4.68 Å². The van der Waals surface area contributed by atoms with Crippen molar-refractivity contribution in [1.29, 1.82) is 0 Å². The van der Waals surface area contributed by atoms with E-state index >= 15 is 0 Å². The summed E-state index contributed by atoms with van der Waals surface area (Å²) in [6, 6.07) is 6.66. The summed E-state index contributed by atoms with van der Waals surface area (Å²) < 4.78 is 2.34. The van der Waals surface area contributed by atoms with Crippen molar-refractivity contribution < 1.29 is 5.11 Å². The van der Waals surface area contributed by atoms with Gasteiger partial charge in [0.05, 0.1) is 16.4 Å². The summed E-state index contributed by atoms with van der Waals surface area (Å²) in [5.41, 5.74) is 6.57. The second-order valence-corrected chi connectivity index (χ2v) is 3.66. The maximum absolute atomic E-state index is 9.11. The molecule has 0 aliphatic rings. The van der Waals surface area contributed by atoms with Gasteiger partial charge in [0.25, 0.3) is 0 Å². The topological polar surface area (TPSA) is 64.1 Å². The van der Waals surface area contributed by atoms with Crippen LogP contribution in [-0.2, 0) is 0 Å². The van der Waals surface area contributed by atoms with Crippen LogP contribution < -0.4 is 5.73 Å². The average molecular weight is 254 g/mol. The van der Waals surface area contributed by atoms with E-state index in [1.165, 1.54) is 0 Å². The molecule has 3 N–H and O–H groups in total. The molecule has 1 aromatic carbocycles. The molecule has 0 saturated carbocycles. The number of aromatic hydroxyl groups is 1. The fraction of sp³-hybridized carbons (Fsp3) is 0. The van der Waals surface area contributed by atoms with E-state index in [1.807, 2.05) is 0 Å². The van der Waals surface area contributed by atoms with Gasteiger partial charge in [-0.3, -0.25) is 0 Å². The summed E-state index contributed by atoms with van der Waals surface area (Å²) in [7, 11) is 0. The fourth-order valence-corrected chi connectivity index (χ4v) is 1.40. The third-order valence-electron chi connectivity index (χ3n) is 1.85. The lowest BCUT2D eigenvalue weighted by molar-refractivity contribution is 0.475. The number of halogens is 1. The lowest BCUT2D eigenvalue weighted by atomic mass is 10.3. The number of hydrogen-bond acceptors (Lipinski definition) is 3. The molecule has 2 aromatic rings. The van der Waals surface area contributed by atoms with Crippen molar-refractivity contribution in [1.82, 2.24) is 9.78 Å². The van der Waals surface area contributed by atoms with Crippen molar-refractivity contribution >= 4 is 21.7 Å². The number of nitrogens with zero attached hydrogens (tertiary/aromatic N) is 2. The van der Waals surface area contributed by atoms with Crippen LogP contribution in [0.2, 0.25) is 0 Å². The highest BCUT2D eigenvalue weighted by Crippen LogP contribution is 2.22. The van der Waals surface area contributed by atoms with Gasteiger partial charge in [-0.05, 0) is 40.2 Å². The largest absolute Gasteiger partial charge is 0.508 e. The van der Waals surface area contributed by atoms with E-state index < -0.39 is 0 Å². The first-order valence-electron chi connectivity index (χ1n) is 3.97. The van der Waals surface area contributed by atoms with Crippen molar-refractivity contribution in [2.75, 3.05) is 5.73 Å². The Hall–Kier alpha value is -1.49. The first-order valence-corrected chi connectivity index (χ1v) is 4.76. The summed E-state index contributed by atoms with van der Waals surface area (Å²) in [6.45, 7) is 0. The molecule has 1 aromatic heterocycles. The van der Waals surface area contributed by atoms with Crippen LogP contribution in [0.4, 0.5) is 5.82 Å². The van der Waals surface area contributed by atoms with E-state index in [-0.39, 0.29) is 5.75 Å². The Morgan fingerprint density at radius 1 is 1.29 bits per heavy atom. The quantitative estimate of drug-likeness (QED) is 0.817. The van der Waals surface area contributed by atoms with E-state index in [4.69, 9.17) is 10.8 Å². The Bertz CT molecular complexity index is 450. The second-order valence-electron chi connectivity index (χ2n) is 2.81. The van der Waals surface area contributed by atoms with Gasteiger partial charge >= 0.3 is 0 Å². The monoisotopic (exact) mass is 253 g/mol. The molecular weight excluding hydrogens is 246 g/mol. The highest BCUT2D eigenvalue weighted by atomic mass is 79.9. The molecule has 0 amide bonds. The Labute approximate surface area is 89.1 Å². The Balaban J connectivity index is 2.49. The van der Waals surface area contributed by atoms with Crippen LogP contribution in [-0.4, -0.2) is 14.9 Å². The van der Waals surface area contributed by atoms with Crippen molar-refractivity contribution in [3.05, 3.63) is 34.9 Å². The van der Waals surface area contributed by atoms with Crippen LogP contribution in [0, 0.1) is 0 Å². The number of phenolic OH excluding ortho intramolecular Hbond substituents is 1. The van der Waals surface area contributed by atoms with Gasteiger partial charge in [0.2, 0.25) is 0 Å². The summed E-state index contributed by atoms with van der Waals surface area (Å²) in [4.78, 5) is 0. The minimum atomic E-state index is 0.221. The molecule has 0 aliphatic carbocycles. The van der Waals surface area contributed by atoms with Crippen molar-refractivity contribution in [3.8, 4) is 11.4 Å². The molecule has 0 atom stereocenters. The molecule has 0 aliphatic heterocycles. The lowest BCUT2D eigenvalue weighted by Gasteiger charge is -2.03. The standard InChI is InChI=1S/C9H8BrN3O/c10-8-5-12-13(9(8)11)6-1-3-7(14)4-2-6/h1-5,14H,11H2. The van der Waals surface area contributed by atoms with Gasteiger partial charge in [0.15, 0.2) is 0 Å². The molecule has 0 saturated heterocycles. The molecule has 5 heteroatoms. The van der Waals surface area contributed by atoms with E-state index in [9.17, 15) is 0 Å². The number of rotatable bonds is 1. The zero-order chi connectivity index (χ0) is 10.1. The van der Waals surface area contributed by atoms with Gasteiger partial charge in [-0.15, -0.1) is 0 Å². The lowest BCUT2D eigenvalue weighted by Crippen LogP contribution is -2.01. The van der Waals surface area contributed by atoms with Crippen LogP contribution in [0.3, 0.4) is 0 Å². The minimum Gasteiger partial charge on any atom is -0.508 e. The highest BCUT2D eigenvalue weighted by Gasteiger charge is 2.05. The van der Waals surface area contributed by atoms with Crippen LogP contribution in [0.1, 0.15) is 0 Å². The zero-order valence-corrected chi connectivity index (χ0v) is 8.77. The number of hydrogen-bond donors (Lipinski definition) is 2. The minimum absolute atomic E-state index is 0.221. The van der Waals surface area contributed by atoms with Crippen molar-refractivity contribution in [2.45, 2.75) is 0 Å². The fourth-order valence-electron chi connectivity index (χ4n) is 1.14. The molecule has 0 unspecified atom stereocenters. The first-order chi connectivity index (χ1) is 6.68. The van der Waals surface area contributed by atoms with Gasteiger partial charge in [-0.2, -0.15) is 5.10 Å². The molecule has 2 rings (SSSR count). The van der Waals surface area contributed by atoms with Gasteiger partial charge in [0, 0.05) is 0 Å². The number of aromatic nitrogens is 2. The molecule has 1 heterocycles. The van der Waals surface area contributed by atoms with E-state index in [0.717, 1.165) is 10.2 Å².